The maximum atomic E-state index is 9.39. The maximum Gasteiger partial charge on any atom is 0.0849 e. The fraction of sp³-hybridized carbons (Fsp3) is 1.00. The van der Waals surface area contributed by atoms with Gasteiger partial charge in [0.25, 0.3) is 0 Å². The van der Waals surface area contributed by atoms with Crippen LogP contribution in [0.2, 0.25) is 0 Å². The van der Waals surface area contributed by atoms with Gasteiger partial charge in [-0.2, -0.15) is 0 Å². The van der Waals surface area contributed by atoms with Crippen LogP contribution in [-0.2, 0) is 0 Å². The lowest BCUT2D eigenvalue weighted by molar-refractivity contribution is -0.0613. The van der Waals surface area contributed by atoms with Crippen LogP contribution in [0.3, 0.4) is 0 Å². The molecule has 0 aromatic rings. The normalized spacial score (nSPS) is 16.2. The van der Waals surface area contributed by atoms with Crippen LogP contribution in [0, 0.1) is 0 Å². The first-order chi connectivity index (χ1) is 5.13. The molecule has 3 N–H and O–H groups in total. The molecule has 12 heavy (non-hydrogen) atoms. The van der Waals surface area contributed by atoms with Crippen molar-refractivity contribution >= 4 is 0 Å². The largest absolute Gasteiger partial charge is 0.390 e. The second-order valence-corrected chi connectivity index (χ2v) is 4.52. The zero-order valence-corrected chi connectivity index (χ0v) is 8.33. The van der Waals surface area contributed by atoms with E-state index in [0.29, 0.717) is 12.8 Å². The molecule has 1 atom stereocenters. The van der Waals surface area contributed by atoms with E-state index in [1.165, 1.54) is 0 Å². The SMILES string of the molecule is CC(C)(O)CCC(O)C(C)(C)O. The number of aliphatic hydroxyl groups is 3. The minimum Gasteiger partial charge on any atom is -0.390 e. The van der Waals surface area contributed by atoms with Crippen molar-refractivity contribution in [2.75, 3.05) is 0 Å². The summed E-state index contributed by atoms with van der Waals surface area (Å²) in [6.07, 6.45) is 0.120. The Balaban J connectivity index is 3.80. The number of hydrogen-bond acceptors (Lipinski definition) is 3. The molecule has 0 radical (unpaired) electrons. The molecule has 0 spiro atoms. The molecule has 0 fully saturated rings. The van der Waals surface area contributed by atoms with Gasteiger partial charge in [-0.3, -0.25) is 0 Å². The molecule has 0 rings (SSSR count). The van der Waals surface area contributed by atoms with Gasteiger partial charge in [-0.25, -0.2) is 0 Å². The van der Waals surface area contributed by atoms with Crippen molar-refractivity contribution in [3.05, 3.63) is 0 Å². The number of aliphatic hydroxyl groups excluding tert-OH is 1. The molecule has 0 aliphatic heterocycles. The first kappa shape index (κ1) is 11.9. The van der Waals surface area contributed by atoms with Gasteiger partial charge in [0.1, 0.15) is 0 Å². The molecule has 3 heteroatoms. The van der Waals surface area contributed by atoms with Crippen molar-refractivity contribution in [2.24, 2.45) is 0 Å². The van der Waals surface area contributed by atoms with E-state index in [4.69, 9.17) is 0 Å². The van der Waals surface area contributed by atoms with Crippen LogP contribution in [0.15, 0.2) is 0 Å². The highest BCUT2D eigenvalue weighted by Crippen LogP contribution is 2.18. The van der Waals surface area contributed by atoms with Gasteiger partial charge in [-0.1, -0.05) is 0 Å². The van der Waals surface area contributed by atoms with Gasteiger partial charge in [0.15, 0.2) is 0 Å². The van der Waals surface area contributed by atoms with Crippen molar-refractivity contribution in [2.45, 2.75) is 57.8 Å². The van der Waals surface area contributed by atoms with Crippen LogP contribution in [0.1, 0.15) is 40.5 Å². The van der Waals surface area contributed by atoms with Crippen molar-refractivity contribution < 1.29 is 15.3 Å². The molecule has 0 heterocycles. The van der Waals surface area contributed by atoms with E-state index < -0.39 is 17.3 Å². The third-order valence-corrected chi connectivity index (χ3v) is 1.85. The summed E-state index contributed by atoms with van der Waals surface area (Å²) in [5.41, 5.74) is -1.85. The quantitative estimate of drug-likeness (QED) is 0.590. The predicted octanol–water partition coefficient (Wildman–Crippen LogP) is 0.669. The minimum atomic E-state index is -1.08. The van der Waals surface area contributed by atoms with Gasteiger partial charge < -0.3 is 15.3 Å². The Morgan fingerprint density at radius 2 is 1.50 bits per heavy atom. The lowest BCUT2D eigenvalue weighted by Gasteiger charge is -2.27. The van der Waals surface area contributed by atoms with Gasteiger partial charge >= 0.3 is 0 Å². The van der Waals surface area contributed by atoms with Gasteiger partial charge in [0.05, 0.1) is 17.3 Å². The van der Waals surface area contributed by atoms with Crippen LogP contribution < -0.4 is 0 Å². The summed E-state index contributed by atoms with van der Waals surface area (Å²) in [5, 5.41) is 28.1. The molecule has 0 saturated carbocycles. The third-order valence-electron chi connectivity index (χ3n) is 1.85. The summed E-state index contributed by atoms with van der Waals surface area (Å²) in [6, 6.07) is 0. The van der Waals surface area contributed by atoms with Crippen LogP contribution in [-0.4, -0.2) is 32.6 Å². The van der Waals surface area contributed by atoms with E-state index in [1.54, 1.807) is 27.7 Å². The van der Waals surface area contributed by atoms with Crippen molar-refractivity contribution in [3.8, 4) is 0 Å². The molecular weight excluding hydrogens is 156 g/mol. The van der Waals surface area contributed by atoms with Crippen molar-refractivity contribution in [3.63, 3.8) is 0 Å². The van der Waals surface area contributed by atoms with Crippen molar-refractivity contribution in [1.29, 1.82) is 0 Å². The van der Waals surface area contributed by atoms with E-state index in [0.717, 1.165) is 0 Å². The molecule has 0 amide bonds. The topological polar surface area (TPSA) is 60.7 Å². The standard InChI is InChI=1S/C9H20O3/c1-8(2,11)6-5-7(10)9(3,4)12/h7,10-12H,5-6H2,1-4H3. The van der Waals surface area contributed by atoms with E-state index in [-0.39, 0.29) is 0 Å². The van der Waals surface area contributed by atoms with E-state index in [2.05, 4.69) is 0 Å². The molecule has 74 valence electrons. The molecule has 0 bridgehead atoms. The van der Waals surface area contributed by atoms with E-state index >= 15 is 0 Å². The van der Waals surface area contributed by atoms with Crippen LogP contribution in [0.4, 0.5) is 0 Å². The monoisotopic (exact) mass is 176 g/mol. The molecule has 0 aromatic heterocycles. The van der Waals surface area contributed by atoms with Gasteiger partial charge in [0.2, 0.25) is 0 Å². The Kier molecular flexibility index (Phi) is 3.69. The smallest absolute Gasteiger partial charge is 0.0849 e. The Bertz CT molecular complexity index is 130. The average molecular weight is 176 g/mol. The predicted molar refractivity (Wildman–Crippen MR) is 47.8 cm³/mol. The Labute approximate surface area is 74.0 Å². The first-order valence-corrected chi connectivity index (χ1v) is 4.26. The van der Waals surface area contributed by atoms with Gasteiger partial charge in [-0.15, -0.1) is 0 Å². The van der Waals surface area contributed by atoms with E-state index in [1.807, 2.05) is 0 Å². The van der Waals surface area contributed by atoms with Gasteiger partial charge in [0, 0.05) is 0 Å². The summed E-state index contributed by atoms with van der Waals surface area (Å²) in [7, 11) is 0. The van der Waals surface area contributed by atoms with Crippen LogP contribution in [0.5, 0.6) is 0 Å². The zero-order valence-electron chi connectivity index (χ0n) is 8.33. The fourth-order valence-corrected chi connectivity index (χ4v) is 0.843. The second-order valence-electron chi connectivity index (χ2n) is 4.52. The van der Waals surface area contributed by atoms with E-state index in [9.17, 15) is 15.3 Å². The average Bonchev–Trinajstić information content (AvgIpc) is 1.78. The van der Waals surface area contributed by atoms with Crippen molar-refractivity contribution in [1.82, 2.24) is 0 Å². The Morgan fingerprint density at radius 1 is 1.08 bits per heavy atom. The van der Waals surface area contributed by atoms with Crippen LogP contribution >= 0.6 is 0 Å². The molecular formula is C9H20O3. The number of rotatable bonds is 4. The highest BCUT2D eigenvalue weighted by atomic mass is 16.3. The molecule has 0 saturated heterocycles. The Hall–Kier alpha value is -0.120. The highest BCUT2D eigenvalue weighted by Gasteiger charge is 2.26. The fourth-order valence-electron chi connectivity index (χ4n) is 0.843. The summed E-state index contributed by atoms with van der Waals surface area (Å²) in [4.78, 5) is 0. The molecule has 0 aromatic carbocycles. The Morgan fingerprint density at radius 3 is 1.75 bits per heavy atom. The van der Waals surface area contributed by atoms with Crippen LogP contribution in [0.25, 0.3) is 0 Å². The molecule has 3 nitrogen and oxygen atoms in total. The molecule has 0 aliphatic carbocycles. The summed E-state index contributed by atoms with van der Waals surface area (Å²) in [5.74, 6) is 0. The number of hydrogen-bond donors (Lipinski definition) is 3. The summed E-state index contributed by atoms with van der Waals surface area (Å²) >= 11 is 0. The highest BCUT2D eigenvalue weighted by molar-refractivity contribution is 4.78. The molecule has 1 unspecified atom stereocenters. The maximum absolute atomic E-state index is 9.39. The first-order valence-electron chi connectivity index (χ1n) is 4.26. The minimum absolute atomic E-state index is 0.410. The lowest BCUT2D eigenvalue weighted by atomic mass is 9.93. The third kappa shape index (κ3) is 5.52. The summed E-state index contributed by atoms with van der Waals surface area (Å²) < 4.78 is 0. The zero-order chi connectivity index (χ0) is 9.99. The molecule has 0 aliphatic rings. The lowest BCUT2D eigenvalue weighted by Crippen LogP contribution is -2.37. The second kappa shape index (κ2) is 3.73. The summed E-state index contributed by atoms with van der Waals surface area (Å²) in [6.45, 7) is 6.48. The van der Waals surface area contributed by atoms with Gasteiger partial charge in [-0.05, 0) is 40.5 Å².